The molecule has 12 heteroatoms. The number of benzene rings is 2. The van der Waals surface area contributed by atoms with Crippen LogP contribution in [0.4, 0.5) is 5.69 Å². The predicted molar refractivity (Wildman–Crippen MR) is 235 cm³/mol. The lowest BCUT2D eigenvalue weighted by Gasteiger charge is -2.45. The van der Waals surface area contributed by atoms with E-state index in [9.17, 15) is 19.5 Å². The number of nitrogens with one attached hydrogen (secondary N) is 3. The molecule has 2 aromatic carbocycles. The topological polar surface area (TPSA) is 146 Å². The van der Waals surface area contributed by atoms with Crippen LogP contribution in [0, 0.1) is 5.92 Å². The van der Waals surface area contributed by atoms with Crippen LogP contribution in [-0.4, -0.2) is 72.5 Å². The molecule has 3 saturated heterocycles. The highest BCUT2D eigenvalue weighted by molar-refractivity contribution is 6.74. The van der Waals surface area contributed by atoms with Crippen LogP contribution in [0.15, 0.2) is 71.7 Å². The molecule has 4 N–H and O–H groups in total. The summed E-state index contributed by atoms with van der Waals surface area (Å²) in [4.78, 5) is 48.9. The molecule has 0 spiro atoms. The van der Waals surface area contributed by atoms with Crippen molar-refractivity contribution in [1.29, 1.82) is 0 Å². The van der Waals surface area contributed by atoms with Gasteiger partial charge in [-0.25, -0.2) is 0 Å². The van der Waals surface area contributed by atoms with Crippen LogP contribution >= 0.6 is 0 Å². The van der Waals surface area contributed by atoms with Crippen LogP contribution < -0.4 is 16.2 Å². The lowest BCUT2D eigenvalue weighted by Crippen LogP contribution is -2.53. The summed E-state index contributed by atoms with van der Waals surface area (Å²) in [5, 5.41) is 17.7. The standard InChI is InChI=1S/C47H63N5O6Si/c1-46(2,3)59(4,5)58-40(37-17-19-39(53)44-38(37)18-20-43(55)51-44)30-48-28-35-15-16-36(29-49-35)50-42(54)14-10-12-32-11-9-13-34(27-32)47(23-7-6-8-24-47)45(56)57-41-31-52-25-21-33(41)22-26-52/h9,11,13,15-20,27,29,33,40-41,48,53H,6-8,10,12,14,21-26,28,30-31H2,1-5H3,(H,50,54)(H,51,55)/t40-,41-/m0/s1. The molecule has 0 radical (unpaired) electrons. The van der Waals surface area contributed by atoms with Crippen molar-refractivity contribution in [3.05, 3.63) is 99.6 Å². The number of nitrogens with zero attached hydrogens (tertiary/aromatic N) is 2. The van der Waals surface area contributed by atoms with Gasteiger partial charge in [-0.15, -0.1) is 0 Å². The third-order valence-corrected chi connectivity index (χ3v) is 18.0. The number of amides is 1. The van der Waals surface area contributed by atoms with Gasteiger partial charge in [-0.05, 0) is 117 Å². The Morgan fingerprint density at radius 2 is 1.81 bits per heavy atom. The SMILES string of the molecule is CC(C)(C)[Si](C)(C)O[C@@H](CNCc1ccc(NC(=O)CCCc2cccc(C3(C(=O)O[C@H]4CN5CCC4CC5)CCCCC3)c2)cn1)c1ccc(O)c2[nH]c(=O)ccc12. The Morgan fingerprint density at radius 1 is 1.03 bits per heavy atom. The summed E-state index contributed by atoms with van der Waals surface area (Å²) in [7, 11) is -2.22. The quantitative estimate of drug-likeness (QED) is 0.0688. The van der Waals surface area contributed by atoms with E-state index in [0.717, 1.165) is 98.8 Å². The van der Waals surface area contributed by atoms with E-state index in [1.54, 1.807) is 18.3 Å². The summed E-state index contributed by atoms with van der Waals surface area (Å²) >= 11 is 0. The zero-order valence-corrected chi connectivity index (χ0v) is 36.6. The first-order valence-corrected chi connectivity index (χ1v) is 24.6. The Bertz CT molecular complexity index is 2150. The first-order chi connectivity index (χ1) is 28.2. The molecule has 0 unspecified atom stereocenters. The number of H-pyrrole nitrogens is 1. The predicted octanol–water partition coefficient (Wildman–Crippen LogP) is 8.28. The number of carbonyl (C=O) groups excluding carboxylic acids is 2. The molecule has 4 aliphatic rings. The number of phenolic OH excluding ortho intramolecular Hbond substituents is 1. The molecule has 2 atom stereocenters. The number of carbonyl (C=O) groups is 2. The van der Waals surface area contributed by atoms with Crippen molar-refractivity contribution in [3.63, 3.8) is 0 Å². The number of aromatic nitrogens is 2. The van der Waals surface area contributed by atoms with Crippen LogP contribution in [0.5, 0.6) is 5.75 Å². The van der Waals surface area contributed by atoms with Gasteiger partial charge in [0.1, 0.15) is 11.9 Å². The first kappa shape index (κ1) is 42.8. The molecule has 1 amide bonds. The molecule has 1 aliphatic carbocycles. The average Bonchev–Trinajstić information content (AvgIpc) is 3.22. The molecule has 59 heavy (non-hydrogen) atoms. The monoisotopic (exact) mass is 821 g/mol. The molecular formula is C47H63N5O6Si. The maximum atomic E-state index is 14.0. The Balaban J connectivity index is 0.919. The molecule has 1 saturated carbocycles. The van der Waals surface area contributed by atoms with E-state index in [-0.39, 0.29) is 40.4 Å². The van der Waals surface area contributed by atoms with Gasteiger partial charge in [-0.3, -0.25) is 24.3 Å². The van der Waals surface area contributed by atoms with Crippen LogP contribution in [0.25, 0.3) is 10.9 Å². The third-order valence-electron chi connectivity index (χ3n) is 13.5. The fourth-order valence-electron chi connectivity index (χ4n) is 8.98. The molecule has 2 aromatic heterocycles. The smallest absolute Gasteiger partial charge is 0.316 e. The Hall–Kier alpha value is -4.36. The number of aromatic hydroxyl groups is 1. The largest absolute Gasteiger partial charge is 0.506 e. The summed E-state index contributed by atoms with van der Waals surface area (Å²) in [5.74, 6) is 0.404. The maximum absolute atomic E-state index is 14.0. The Labute approximate surface area is 349 Å². The van der Waals surface area contributed by atoms with Crippen LogP contribution in [0.3, 0.4) is 0 Å². The molecular weight excluding hydrogens is 759 g/mol. The van der Waals surface area contributed by atoms with Crippen molar-refractivity contribution < 1.29 is 23.9 Å². The van der Waals surface area contributed by atoms with Crippen molar-refractivity contribution in [3.8, 4) is 5.75 Å². The number of rotatable bonds is 15. The molecule has 3 aliphatic heterocycles. The number of ether oxygens (including phenoxy) is 1. The second kappa shape index (κ2) is 18.1. The van der Waals surface area contributed by atoms with Crippen molar-refractivity contribution in [2.45, 2.75) is 127 Å². The molecule has 5 heterocycles. The normalized spacial score (nSPS) is 20.9. The lowest BCUT2D eigenvalue weighted by molar-refractivity contribution is -0.167. The number of aromatic amines is 1. The van der Waals surface area contributed by atoms with Gasteiger partial charge in [-0.1, -0.05) is 70.4 Å². The fraction of sp³-hybridized carbons (Fsp3) is 0.532. The van der Waals surface area contributed by atoms with Crippen molar-refractivity contribution in [2.24, 2.45) is 5.92 Å². The van der Waals surface area contributed by atoms with Gasteiger partial charge in [0.2, 0.25) is 11.5 Å². The van der Waals surface area contributed by atoms with E-state index < -0.39 is 13.7 Å². The van der Waals surface area contributed by atoms with Crippen LogP contribution in [0.1, 0.15) is 107 Å². The van der Waals surface area contributed by atoms with Crippen LogP contribution in [-0.2, 0) is 37.1 Å². The number of phenols is 1. The highest BCUT2D eigenvalue weighted by Crippen LogP contribution is 2.43. The van der Waals surface area contributed by atoms with Gasteiger partial charge in [-0.2, -0.15) is 0 Å². The zero-order chi connectivity index (χ0) is 41.8. The summed E-state index contributed by atoms with van der Waals surface area (Å²) in [6.45, 7) is 15.1. The highest BCUT2D eigenvalue weighted by atomic mass is 28.4. The third kappa shape index (κ3) is 9.99. The minimum atomic E-state index is -2.22. The van der Waals surface area contributed by atoms with Gasteiger partial charge < -0.3 is 29.9 Å². The van der Waals surface area contributed by atoms with Crippen molar-refractivity contribution in [2.75, 3.05) is 31.5 Å². The summed E-state index contributed by atoms with van der Waals surface area (Å²) in [5.41, 5.74) is 4.08. The first-order valence-electron chi connectivity index (χ1n) is 21.7. The second-order valence-electron chi connectivity index (χ2n) is 18.6. The summed E-state index contributed by atoms with van der Waals surface area (Å²) < 4.78 is 13.3. The summed E-state index contributed by atoms with van der Waals surface area (Å²) in [6.07, 6.45) is 10.3. The minimum Gasteiger partial charge on any atom is -0.506 e. The Kier molecular flexibility index (Phi) is 13.1. The van der Waals surface area contributed by atoms with Crippen molar-refractivity contribution >= 4 is 36.8 Å². The number of piperidine rings is 3. The minimum absolute atomic E-state index is 0.00770. The van der Waals surface area contributed by atoms with E-state index in [2.05, 4.69) is 83.6 Å². The van der Waals surface area contributed by atoms with Gasteiger partial charge >= 0.3 is 5.97 Å². The van der Waals surface area contributed by atoms with Gasteiger partial charge in [0, 0.05) is 37.5 Å². The van der Waals surface area contributed by atoms with E-state index in [4.69, 9.17) is 9.16 Å². The van der Waals surface area contributed by atoms with Crippen molar-refractivity contribution in [1.82, 2.24) is 20.2 Å². The number of esters is 1. The molecule has 8 rings (SSSR count). The maximum Gasteiger partial charge on any atom is 0.316 e. The second-order valence-corrected chi connectivity index (χ2v) is 23.4. The van der Waals surface area contributed by atoms with E-state index >= 15 is 0 Å². The van der Waals surface area contributed by atoms with E-state index in [1.807, 2.05) is 18.2 Å². The molecule has 4 aromatic rings. The van der Waals surface area contributed by atoms with E-state index in [1.165, 1.54) is 6.07 Å². The molecule has 316 valence electrons. The highest BCUT2D eigenvalue weighted by Gasteiger charge is 2.46. The molecule has 2 bridgehead atoms. The zero-order valence-electron chi connectivity index (χ0n) is 35.6. The molecule has 4 fully saturated rings. The average molecular weight is 822 g/mol. The van der Waals surface area contributed by atoms with E-state index in [0.29, 0.717) is 43.1 Å². The Morgan fingerprint density at radius 3 is 2.51 bits per heavy atom. The number of hydrogen-bond acceptors (Lipinski definition) is 9. The number of pyridine rings is 2. The van der Waals surface area contributed by atoms with Gasteiger partial charge in [0.05, 0.1) is 34.6 Å². The number of aryl methyl sites for hydroxylation is 1. The van der Waals surface area contributed by atoms with Gasteiger partial charge in [0.25, 0.3) is 0 Å². The number of fused-ring (bicyclic) bond motifs is 4. The summed E-state index contributed by atoms with van der Waals surface area (Å²) in [6, 6.07) is 18.9. The number of anilines is 1. The van der Waals surface area contributed by atoms with Gasteiger partial charge in [0.15, 0.2) is 8.32 Å². The molecule has 11 nitrogen and oxygen atoms in total. The fourth-order valence-corrected chi connectivity index (χ4v) is 10.3. The van der Waals surface area contributed by atoms with Crippen LogP contribution in [0.2, 0.25) is 18.1 Å². The lowest BCUT2D eigenvalue weighted by atomic mass is 9.69. The number of hydrogen-bond donors (Lipinski definition) is 4.